The van der Waals surface area contributed by atoms with E-state index in [2.05, 4.69) is 16.0 Å². The third-order valence-electron chi connectivity index (χ3n) is 5.21. The van der Waals surface area contributed by atoms with E-state index in [1.54, 1.807) is 4.31 Å². The topological polar surface area (TPSA) is 128 Å². The number of aliphatic carboxylic acids is 2. The first kappa shape index (κ1) is 30.6. The molecular weight excluding hydrogens is 512 g/mol. The van der Waals surface area contributed by atoms with Crippen LogP contribution in [0.15, 0.2) is 24.4 Å². The van der Waals surface area contributed by atoms with Gasteiger partial charge in [0.2, 0.25) is 10.0 Å². The van der Waals surface area contributed by atoms with E-state index in [4.69, 9.17) is 19.8 Å². The van der Waals surface area contributed by atoms with E-state index in [1.807, 2.05) is 18.3 Å². The van der Waals surface area contributed by atoms with Gasteiger partial charge in [0.25, 0.3) is 0 Å². The fraction of sp³-hybridized carbons (Fsp3) is 0.632. The summed E-state index contributed by atoms with van der Waals surface area (Å²) in [5.74, 6) is -5.51. The summed E-state index contributed by atoms with van der Waals surface area (Å²) >= 11 is 0. The molecule has 0 aliphatic carbocycles. The standard InChI is InChI=1S/C15H23N3O2S.2C2HF3O2/c1-21(19,20)18-10-7-15(13-18)6-4-9-17(12-15)11-14-5-2-3-8-16-14;2*3-2(4,5)1(6)7/h2-3,5,8H,4,6-7,9-13H2,1H3;2*(H,6,7). The summed E-state index contributed by atoms with van der Waals surface area (Å²) < 4.78 is 88.6. The largest absolute Gasteiger partial charge is 0.490 e. The summed E-state index contributed by atoms with van der Waals surface area (Å²) in [6, 6.07) is 6.00. The van der Waals surface area contributed by atoms with Crippen molar-refractivity contribution in [1.82, 2.24) is 14.2 Å². The zero-order valence-corrected chi connectivity index (χ0v) is 19.3. The number of carbonyl (C=O) groups is 2. The van der Waals surface area contributed by atoms with Crippen LogP contribution in [0.3, 0.4) is 0 Å². The lowest BCUT2D eigenvalue weighted by atomic mass is 9.79. The Hall–Kier alpha value is -2.46. The zero-order chi connectivity index (χ0) is 27.1. The molecule has 2 aliphatic rings. The van der Waals surface area contributed by atoms with Crippen LogP contribution in [-0.2, 0) is 26.2 Å². The van der Waals surface area contributed by atoms with Crippen molar-refractivity contribution in [3.63, 3.8) is 0 Å². The average Bonchev–Trinajstić information content (AvgIpc) is 3.12. The van der Waals surface area contributed by atoms with Gasteiger partial charge in [-0.2, -0.15) is 26.3 Å². The molecule has 1 atom stereocenters. The minimum Gasteiger partial charge on any atom is -0.475 e. The molecule has 0 bridgehead atoms. The molecule has 0 aromatic carbocycles. The first-order chi connectivity index (χ1) is 15.9. The number of sulfonamides is 1. The maximum absolute atomic E-state index is 11.7. The molecule has 35 heavy (non-hydrogen) atoms. The van der Waals surface area contributed by atoms with E-state index < -0.39 is 34.3 Å². The van der Waals surface area contributed by atoms with Gasteiger partial charge in [0.1, 0.15) is 0 Å². The summed E-state index contributed by atoms with van der Waals surface area (Å²) in [6.45, 7) is 4.29. The van der Waals surface area contributed by atoms with E-state index in [9.17, 15) is 34.8 Å². The molecule has 2 N–H and O–H groups in total. The first-order valence-electron chi connectivity index (χ1n) is 10.0. The SMILES string of the molecule is CS(=O)(=O)N1CCC2(CCCN(Cc3ccccn3)C2)C1.O=C(O)C(F)(F)F.O=C(O)C(F)(F)F. The van der Waals surface area contributed by atoms with Gasteiger partial charge < -0.3 is 10.2 Å². The van der Waals surface area contributed by atoms with Crippen LogP contribution < -0.4 is 0 Å². The van der Waals surface area contributed by atoms with Crippen molar-refractivity contribution < 1.29 is 54.6 Å². The second kappa shape index (κ2) is 12.0. The van der Waals surface area contributed by atoms with Gasteiger partial charge in [-0.25, -0.2) is 22.3 Å². The van der Waals surface area contributed by atoms with Crippen molar-refractivity contribution in [1.29, 1.82) is 0 Å². The molecule has 2 fully saturated rings. The molecule has 2 aliphatic heterocycles. The van der Waals surface area contributed by atoms with Crippen molar-refractivity contribution >= 4 is 22.0 Å². The van der Waals surface area contributed by atoms with Crippen LogP contribution in [0, 0.1) is 5.41 Å². The Morgan fingerprint density at radius 1 is 1.00 bits per heavy atom. The molecule has 1 aromatic rings. The van der Waals surface area contributed by atoms with Crippen molar-refractivity contribution in [3.05, 3.63) is 30.1 Å². The summed E-state index contributed by atoms with van der Waals surface area (Å²) in [5, 5.41) is 14.2. The quantitative estimate of drug-likeness (QED) is 0.564. The first-order valence-corrected chi connectivity index (χ1v) is 11.9. The maximum atomic E-state index is 11.7. The van der Waals surface area contributed by atoms with E-state index in [0.29, 0.717) is 13.1 Å². The Bertz CT molecular complexity index is 934. The van der Waals surface area contributed by atoms with Crippen LogP contribution in [0.5, 0.6) is 0 Å². The molecule has 3 rings (SSSR count). The van der Waals surface area contributed by atoms with Gasteiger partial charge in [0.15, 0.2) is 0 Å². The van der Waals surface area contributed by atoms with Crippen LogP contribution in [0.1, 0.15) is 25.0 Å². The van der Waals surface area contributed by atoms with Crippen molar-refractivity contribution in [3.8, 4) is 0 Å². The number of piperidine rings is 1. The van der Waals surface area contributed by atoms with Gasteiger partial charge >= 0.3 is 24.3 Å². The van der Waals surface area contributed by atoms with Crippen LogP contribution in [0.4, 0.5) is 26.3 Å². The predicted octanol–water partition coefficient (Wildman–Crippen LogP) is 2.60. The second-order valence-electron chi connectivity index (χ2n) is 8.09. The van der Waals surface area contributed by atoms with Crippen LogP contribution in [0.25, 0.3) is 0 Å². The molecule has 0 amide bonds. The molecule has 2 saturated heterocycles. The number of aromatic nitrogens is 1. The Balaban J connectivity index is 0.000000362. The molecule has 9 nitrogen and oxygen atoms in total. The molecule has 0 radical (unpaired) electrons. The van der Waals surface area contributed by atoms with Gasteiger partial charge in [-0.1, -0.05) is 6.07 Å². The van der Waals surface area contributed by atoms with E-state index in [-0.39, 0.29) is 5.41 Å². The summed E-state index contributed by atoms with van der Waals surface area (Å²) in [7, 11) is -3.05. The monoisotopic (exact) mass is 537 g/mol. The highest BCUT2D eigenvalue weighted by Gasteiger charge is 2.43. The van der Waals surface area contributed by atoms with Gasteiger partial charge in [-0.05, 0) is 43.4 Å². The minimum absolute atomic E-state index is 0.149. The Morgan fingerprint density at radius 2 is 1.54 bits per heavy atom. The van der Waals surface area contributed by atoms with E-state index >= 15 is 0 Å². The average molecular weight is 537 g/mol. The number of rotatable bonds is 3. The van der Waals surface area contributed by atoms with Gasteiger partial charge in [0.05, 0.1) is 11.9 Å². The lowest BCUT2D eigenvalue weighted by Gasteiger charge is -2.40. The van der Waals surface area contributed by atoms with Crippen molar-refractivity contribution in [2.24, 2.45) is 5.41 Å². The molecule has 16 heteroatoms. The summed E-state index contributed by atoms with van der Waals surface area (Å²) in [5.41, 5.74) is 1.24. The van der Waals surface area contributed by atoms with E-state index in [1.165, 1.54) is 6.26 Å². The summed E-state index contributed by atoms with van der Waals surface area (Å²) in [4.78, 5) is 24.6. The smallest absolute Gasteiger partial charge is 0.475 e. The normalized spacial score (nSPS) is 21.5. The van der Waals surface area contributed by atoms with Crippen molar-refractivity contribution in [2.75, 3.05) is 32.4 Å². The number of hydrogen-bond acceptors (Lipinski definition) is 6. The number of carboxylic acids is 2. The highest BCUT2D eigenvalue weighted by Crippen LogP contribution is 2.40. The number of alkyl halides is 6. The Kier molecular flexibility index (Phi) is 10.5. The van der Waals surface area contributed by atoms with Crippen LogP contribution >= 0.6 is 0 Å². The van der Waals surface area contributed by atoms with Gasteiger partial charge in [0, 0.05) is 32.4 Å². The number of halogens is 6. The zero-order valence-electron chi connectivity index (χ0n) is 18.5. The summed E-state index contributed by atoms with van der Waals surface area (Å²) in [6.07, 6.45) is -3.75. The molecule has 1 spiro atoms. The third kappa shape index (κ3) is 10.8. The Labute approximate surface area is 197 Å². The lowest BCUT2D eigenvalue weighted by molar-refractivity contribution is -0.193. The number of hydrogen-bond donors (Lipinski definition) is 2. The number of nitrogens with zero attached hydrogens (tertiary/aromatic N) is 3. The fourth-order valence-corrected chi connectivity index (χ4v) is 4.61. The second-order valence-corrected chi connectivity index (χ2v) is 10.1. The van der Waals surface area contributed by atoms with Crippen molar-refractivity contribution in [2.45, 2.75) is 38.2 Å². The highest BCUT2D eigenvalue weighted by molar-refractivity contribution is 7.88. The predicted molar refractivity (Wildman–Crippen MR) is 110 cm³/mol. The molecule has 1 unspecified atom stereocenters. The van der Waals surface area contributed by atoms with E-state index in [0.717, 1.165) is 44.6 Å². The molecule has 3 heterocycles. The lowest BCUT2D eigenvalue weighted by Crippen LogP contribution is -2.44. The van der Waals surface area contributed by atoms with Gasteiger partial charge in [-0.3, -0.25) is 9.88 Å². The maximum Gasteiger partial charge on any atom is 0.490 e. The van der Waals surface area contributed by atoms with Gasteiger partial charge in [-0.15, -0.1) is 0 Å². The Morgan fingerprint density at radius 3 is 1.94 bits per heavy atom. The number of likely N-dealkylation sites (tertiary alicyclic amines) is 1. The fourth-order valence-electron chi connectivity index (χ4n) is 3.68. The highest BCUT2D eigenvalue weighted by atomic mass is 32.2. The molecule has 1 aromatic heterocycles. The third-order valence-corrected chi connectivity index (χ3v) is 6.46. The minimum atomic E-state index is -5.08. The number of carboxylic acid groups (broad SMARTS) is 2. The van der Waals surface area contributed by atoms with Crippen LogP contribution in [0.2, 0.25) is 0 Å². The number of pyridine rings is 1. The molecular formula is C19H25F6N3O6S. The molecule has 0 saturated carbocycles. The van der Waals surface area contributed by atoms with Crippen LogP contribution in [-0.4, -0.2) is 89.5 Å². The molecule has 200 valence electrons.